The molecule has 1 unspecified atom stereocenters. The molecule has 7 nitrogen and oxygen atoms in total. The van der Waals surface area contributed by atoms with Crippen molar-refractivity contribution < 1.29 is 13.8 Å². The summed E-state index contributed by atoms with van der Waals surface area (Å²) in [6, 6.07) is 28.8. The maximum Gasteiger partial charge on any atom is 0.257 e. The second kappa shape index (κ2) is 14.9. The van der Waals surface area contributed by atoms with Gasteiger partial charge in [-0.15, -0.1) is 0 Å². The number of hydrogen-bond donors (Lipinski definition) is 3. The van der Waals surface area contributed by atoms with Crippen molar-refractivity contribution in [3.05, 3.63) is 119 Å². The van der Waals surface area contributed by atoms with E-state index in [0.717, 1.165) is 44.5 Å². The summed E-state index contributed by atoms with van der Waals surface area (Å²) in [5, 5.41) is 5.96. The molecule has 0 bridgehead atoms. The van der Waals surface area contributed by atoms with Crippen LogP contribution in [0.5, 0.6) is 0 Å². The quantitative estimate of drug-likeness (QED) is 0.173. The van der Waals surface area contributed by atoms with E-state index in [-0.39, 0.29) is 11.8 Å². The average Bonchev–Trinajstić information content (AvgIpc) is 3.06. The van der Waals surface area contributed by atoms with Gasteiger partial charge in [-0.25, -0.2) is 8.93 Å². The lowest BCUT2D eigenvalue weighted by Gasteiger charge is -2.29. The predicted octanol–water partition coefficient (Wildman–Crippen LogP) is 6.91. The molecule has 1 fully saturated rings. The fourth-order valence-corrected chi connectivity index (χ4v) is 6.20. The number of carbonyl (C=O) groups excluding carboxylic acids is 2. The van der Waals surface area contributed by atoms with E-state index in [2.05, 4.69) is 51.4 Å². The normalized spacial score (nSPS) is 13.7. The summed E-state index contributed by atoms with van der Waals surface area (Å²) in [5.74, 6) is -0.674. The van der Waals surface area contributed by atoms with Crippen molar-refractivity contribution in [1.82, 2.24) is 4.72 Å². The van der Waals surface area contributed by atoms with E-state index in [9.17, 15) is 13.8 Å². The second-order valence-electron chi connectivity index (χ2n) is 11.2. The SMILES string of the molecule is CCNS(=O)c1cccc(C(=O)Nc2ccc(N3CCCCC3)cc2C(=O)Nc2ccc(CCc3ccc(C)cc3)cc2)c1. The largest absolute Gasteiger partial charge is 0.372 e. The third-order valence-corrected chi connectivity index (χ3v) is 9.07. The summed E-state index contributed by atoms with van der Waals surface area (Å²) >= 11 is 0. The molecule has 44 heavy (non-hydrogen) atoms. The van der Waals surface area contributed by atoms with E-state index in [1.165, 1.54) is 23.1 Å². The first-order valence-corrected chi connectivity index (χ1v) is 16.5. The maximum atomic E-state index is 13.7. The Morgan fingerprint density at radius 1 is 0.773 bits per heavy atom. The molecule has 0 aromatic heterocycles. The summed E-state index contributed by atoms with van der Waals surface area (Å²) in [7, 11) is -1.41. The number of carbonyl (C=O) groups is 2. The monoisotopic (exact) mass is 608 g/mol. The van der Waals surface area contributed by atoms with Crippen molar-refractivity contribution in [2.45, 2.75) is 50.8 Å². The Hall–Kier alpha value is -4.27. The van der Waals surface area contributed by atoms with Crippen LogP contribution in [0.4, 0.5) is 17.1 Å². The smallest absolute Gasteiger partial charge is 0.257 e. The Labute approximate surface area is 262 Å². The molecule has 228 valence electrons. The number of aryl methyl sites for hydroxylation is 3. The van der Waals surface area contributed by atoms with Crippen LogP contribution >= 0.6 is 0 Å². The first-order valence-electron chi connectivity index (χ1n) is 15.3. The summed E-state index contributed by atoms with van der Waals surface area (Å²) in [6.07, 6.45) is 5.29. The predicted molar refractivity (Wildman–Crippen MR) is 180 cm³/mol. The third-order valence-electron chi connectivity index (χ3n) is 7.84. The Kier molecular flexibility index (Phi) is 10.6. The van der Waals surface area contributed by atoms with Crippen LogP contribution in [0.15, 0.2) is 95.9 Å². The van der Waals surface area contributed by atoms with Gasteiger partial charge in [-0.05, 0) is 98.7 Å². The van der Waals surface area contributed by atoms with Gasteiger partial charge in [0.05, 0.1) is 16.1 Å². The van der Waals surface area contributed by atoms with Crippen LogP contribution in [0.3, 0.4) is 0 Å². The summed E-state index contributed by atoms with van der Waals surface area (Å²) < 4.78 is 15.3. The van der Waals surface area contributed by atoms with Gasteiger partial charge in [-0.1, -0.05) is 55.0 Å². The molecule has 1 aliphatic rings. The fourth-order valence-electron chi connectivity index (χ4n) is 5.34. The van der Waals surface area contributed by atoms with Gasteiger partial charge in [0, 0.05) is 36.6 Å². The molecule has 4 aromatic carbocycles. The third kappa shape index (κ3) is 8.21. The molecule has 8 heteroatoms. The molecule has 0 aliphatic carbocycles. The molecule has 1 heterocycles. The molecule has 1 aliphatic heterocycles. The number of benzene rings is 4. The van der Waals surface area contributed by atoms with E-state index in [1.807, 2.05) is 43.3 Å². The lowest BCUT2D eigenvalue weighted by Crippen LogP contribution is -2.29. The summed E-state index contributed by atoms with van der Waals surface area (Å²) in [5.41, 5.74) is 6.56. The van der Waals surface area contributed by atoms with E-state index in [0.29, 0.717) is 33.9 Å². The Morgan fingerprint density at radius 3 is 2.14 bits per heavy atom. The molecule has 5 rings (SSSR count). The Bertz CT molecular complexity index is 1610. The van der Waals surface area contributed by atoms with Crippen LogP contribution in [-0.2, 0) is 23.8 Å². The van der Waals surface area contributed by atoms with Crippen LogP contribution in [-0.4, -0.2) is 35.7 Å². The van der Waals surface area contributed by atoms with Crippen molar-refractivity contribution in [3.8, 4) is 0 Å². The number of hydrogen-bond acceptors (Lipinski definition) is 4. The first-order chi connectivity index (χ1) is 21.4. The van der Waals surface area contributed by atoms with Gasteiger partial charge >= 0.3 is 0 Å². The highest BCUT2D eigenvalue weighted by molar-refractivity contribution is 7.83. The van der Waals surface area contributed by atoms with Gasteiger partial charge in [0.1, 0.15) is 11.0 Å². The van der Waals surface area contributed by atoms with Gasteiger partial charge in [0.2, 0.25) is 0 Å². The van der Waals surface area contributed by atoms with Crippen molar-refractivity contribution in [3.63, 3.8) is 0 Å². The number of anilines is 3. The standard InChI is InChI=1S/C36H40N4O3S/c1-3-37-44(43)32-9-7-8-29(24-32)35(41)39-34-21-20-31(40-22-5-4-6-23-40)25-33(34)36(42)38-30-18-16-28(17-19-30)15-14-27-12-10-26(2)11-13-27/h7-13,16-21,24-25,37H,3-6,14-15,22-23H2,1-2H3,(H,38,42)(H,39,41). The van der Waals surface area contributed by atoms with E-state index >= 15 is 0 Å². The first kappa shape index (κ1) is 31.2. The highest BCUT2D eigenvalue weighted by atomic mass is 32.2. The minimum absolute atomic E-state index is 0.298. The summed E-state index contributed by atoms with van der Waals surface area (Å²) in [4.78, 5) is 29.8. The Morgan fingerprint density at radius 2 is 1.45 bits per heavy atom. The lowest BCUT2D eigenvalue weighted by molar-refractivity contribution is 0.102. The fraction of sp³-hybridized carbons (Fsp3) is 0.278. The number of rotatable bonds is 11. The topological polar surface area (TPSA) is 90.5 Å². The van der Waals surface area contributed by atoms with E-state index in [1.54, 1.807) is 30.3 Å². The van der Waals surface area contributed by atoms with Crippen LogP contribution in [0, 0.1) is 6.92 Å². The highest BCUT2D eigenvalue weighted by Crippen LogP contribution is 2.27. The van der Waals surface area contributed by atoms with Crippen molar-refractivity contribution in [1.29, 1.82) is 0 Å². The molecule has 1 atom stereocenters. The lowest BCUT2D eigenvalue weighted by atomic mass is 10.0. The van der Waals surface area contributed by atoms with Crippen molar-refractivity contribution >= 4 is 39.9 Å². The van der Waals surface area contributed by atoms with Crippen LogP contribution in [0.1, 0.15) is 63.6 Å². The van der Waals surface area contributed by atoms with Crippen LogP contribution in [0.25, 0.3) is 0 Å². The van der Waals surface area contributed by atoms with Gasteiger partial charge in [0.15, 0.2) is 0 Å². The van der Waals surface area contributed by atoms with E-state index < -0.39 is 11.0 Å². The second-order valence-corrected chi connectivity index (χ2v) is 12.5. The molecule has 4 aromatic rings. The zero-order valence-electron chi connectivity index (χ0n) is 25.4. The van der Waals surface area contributed by atoms with Crippen LogP contribution < -0.4 is 20.3 Å². The zero-order chi connectivity index (χ0) is 30.9. The van der Waals surface area contributed by atoms with E-state index in [4.69, 9.17) is 0 Å². The molecule has 0 saturated carbocycles. The molecule has 0 spiro atoms. The number of amides is 2. The summed E-state index contributed by atoms with van der Waals surface area (Å²) in [6.45, 7) is 6.38. The maximum absolute atomic E-state index is 13.7. The van der Waals surface area contributed by atoms with Crippen molar-refractivity contribution in [2.24, 2.45) is 0 Å². The van der Waals surface area contributed by atoms with Crippen molar-refractivity contribution in [2.75, 3.05) is 35.2 Å². The molecule has 3 N–H and O–H groups in total. The minimum atomic E-state index is -1.41. The highest BCUT2D eigenvalue weighted by Gasteiger charge is 2.19. The molecular formula is C36H40N4O3S. The Balaban J connectivity index is 1.33. The molecular weight excluding hydrogens is 568 g/mol. The molecule has 2 amide bonds. The zero-order valence-corrected chi connectivity index (χ0v) is 26.2. The van der Waals surface area contributed by atoms with Gasteiger partial charge in [-0.3, -0.25) is 9.59 Å². The number of nitrogens with zero attached hydrogens (tertiary/aromatic N) is 1. The molecule has 1 saturated heterocycles. The molecule has 0 radical (unpaired) electrons. The average molecular weight is 609 g/mol. The number of nitrogens with one attached hydrogen (secondary N) is 3. The van der Waals surface area contributed by atoms with Crippen LogP contribution in [0.2, 0.25) is 0 Å². The van der Waals surface area contributed by atoms with Gasteiger partial charge in [-0.2, -0.15) is 0 Å². The minimum Gasteiger partial charge on any atom is -0.372 e. The van der Waals surface area contributed by atoms with Gasteiger partial charge < -0.3 is 15.5 Å². The number of piperidine rings is 1. The van der Waals surface area contributed by atoms with Gasteiger partial charge in [0.25, 0.3) is 11.8 Å².